The molecule has 2 N–H and O–H groups in total. The number of alkyl halides is 2. The second kappa shape index (κ2) is 6.85. The van der Waals surface area contributed by atoms with Gasteiger partial charge in [0, 0.05) is 18.5 Å². The van der Waals surface area contributed by atoms with Crippen molar-refractivity contribution in [3.05, 3.63) is 29.8 Å². The van der Waals surface area contributed by atoms with Crippen LogP contribution in [0.1, 0.15) is 12.0 Å². The number of ether oxygens (including phenoxy) is 1. The molecule has 112 valence electrons. The van der Waals surface area contributed by atoms with Gasteiger partial charge in [0.2, 0.25) is 5.91 Å². The van der Waals surface area contributed by atoms with E-state index in [1.54, 1.807) is 13.2 Å². The highest BCUT2D eigenvalue weighted by Crippen LogP contribution is 2.25. The van der Waals surface area contributed by atoms with Crippen molar-refractivity contribution in [3.63, 3.8) is 0 Å². The van der Waals surface area contributed by atoms with E-state index in [-0.39, 0.29) is 19.0 Å². The molecule has 1 atom stereocenters. The fourth-order valence-electron chi connectivity index (χ4n) is 2.06. The highest BCUT2D eigenvalue weighted by atomic mass is 35.5. The molecule has 1 heterocycles. The molecule has 1 unspecified atom stereocenters. The molecule has 0 spiro atoms. The summed E-state index contributed by atoms with van der Waals surface area (Å²) >= 11 is 0. The smallest absolute Gasteiger partial charge is 0.262 e. The average Bonchev–Trinajstić information content (AvgIpc) is 2.76. The molecule has 2 rings (SSSR count). The van der Waals surface area contributed by atoms with Crippen LogP contribution in [-0.4, -0.2) is 31.5 Å². The fraction of sp³-hybridized carbons (Fsp3) is 0.462. The second-order valence-corrected chi connectivity index (χ2v) is 4.52. The van der Waals surface area contributed by atoms with Crippen LogP contribution in [0.5, 0.6) is 5.75 Å². The van der Waals surface area contributed by atoms with E-state index in [0.29, 0.717) is 5.75 Å². The lowest BCUT2D eigenvalue weighted by atomic mass is 10.1. The van der Waals surface area contributed by atoms with Crippen LogP contribution in [0, 0.1) is 0 Å². The minimum absolute atomic E-state index is 0. The summed E-state index contributed by atoms with van der Waals surface area (Å²) < 4.78 is 31.1. The molecule has 1 aliphatic rings. The Morgan fingerprint density at radius 3 is 2.80 bits per heavy atom. The number of methoxy groups -OCH3 is 1. The van der Waals surface area contributed by atoms with Crippen molar-refractivity contribution in [3.8, 4) is 5.75 Å². The quantitative estimate of drug-likeness (QED) is 0.891. The van der Waals surface area contributed by atoms with Gasteiger partial charge < -0.3 is 10.1 Å². The first-order chi connectivity index (χ1) is 9.02. The van der Waals surface area contributed by atoms with Gasteiger partial charge in [-0.05, 0) is 6.07 Å². The minimum atomic E-state index is -2.80. The van der Waals surface area contributed by atoms with Gasteiger partial charge in [-0.25, -0.2) is 8.78 Å². The van der Waals surface area contributed by atoms with E-state index in [1.165, 1.54) is 0 Å². The molecule has 1 saturated heterocycles. The standard InChI is InChI=1S/C13H16F2N2O2.ClH/c1-19-11-5-3-2-4-9(11)7-16-12(18)10-6-13(14,15)8-17-10;/h2-5,10,17H,6-8H2,1H3,(H,16,18);1H. The third-order valence-corrected chi connectivity index (χ3v) is 3.07. The third kappa shape index (κ3) is 4.05. The van der Waals surface area contributed by atoms with Crippen LogP contribution in [0.15, 0.2) is 24.3 Å². The van der Waals surface area contributed by atoms with Gasteiger partial charge in [0.25, 0.3) is 5.92 Å². The predicted octanol–water partition coefficient (Wildman–Crippen LogP) is 1.73. The summed E-state index contributed by atoms with van der Waals surface area (Å²) in [5, 5.41) is 5.16. The molecule has 0 saturated carbocycles. The first kappa shape index (κ1) is 16.7. The Morgan fingerprint density at radius 1 is 1.50 bits per heavy atom. The van der Waals surface area contributed by atoms with Crippen molar-refractivity contribution in [2.75, 3.05) is 13.7 Å². The van der Waals surface area contributed by atoms with Crippen molar-refractivity contribution in [1.29, 1.82) is 0 Å². The molecule has 0 bridgehead atoms. The highest BCUT2D eigenvalue weighted by molar-refractivity contribution is 5.85. The van der Waals surface area contributed by atoms with Gasteiger partial charge in [0.15, 0.2) is 0 Å². The van der Waals surface area contributed by atoms with Gasteiger partial charge in [0.1, 0.15) is 5.75 Å². The molecule has 1 aromatic carbocycles. The topological polar surface area (TPSA) is 50.4 Å². The van der Waals surface area contributed by atoms with Crippen molar-refractivity contribution in [2.24, 2.45) is 0 Å². The van der Waals surface area contributed by atoms with E-state index in [2.05, 4.69) is 10.6 Å². The van der Waals surface area contributed by atoms with Crippen LogP contribution < -0.4 is 15.4 Å². The number of halogens is 3. The van der Waals surface area contributed by atoms with Crippen LogP contribution in [0.4, 0.5) is 8.78 Å². The number of nitrogens with one attached hydrogen (secondary N) is 2. The number of carbonyl (C=O) groups excluding carboxylic acids is 1. The van der Waals surface area contributed by atoms with Crippen molar-refractivity contribution < 1.29 is 18.3 Å². The molecule has 0 aliphatic carbocycles. The molecular formula is C13H17ClF2N2O2. The van der Waals surface area contributed by atoms with E-state index < -0.39 is 30.8 Å². The normalized spacial score (nSPS) is 20.1. The van der Waals surface area contributed by atoms with E-state index >= 15 is 0 Å². The molecular weight excluding hydrogens is 290 g/mol. The fourth-order valence-corrected chi connectivity index (χ4v) is 2.06. The largest absolute Gasteiger partial charge is 0.496 e. The maximum atomic E-state index is 13.0. The van der Waals surface area contributed by atoms with Gasteiger partial charge >= 0.3 is 0 Å². The van der Waals surface area contributed by atoms with Gasteiger partial charge in [-0.3, -0.25) is 10.1 Å². The van der Waals surface area contributed by atoms with E-state index in [0.717, 1.165) is 5.56 Å². The monoisotopic (exact) mass is 306 g/mol. The molecule has 20 heavy (non-hydrogen) atoms. The molecule has 1 amide bonds. The zero-order chi connectivity index (χ0) is 13.9. The van der Waals surface area contributed by atoms with Crippen molar-refractivity contribution in [2.45, 2.75) is 24.9 Å². The molecule has 1 fully saturated rings. The summed E-state index contributed by atoms with van der Waals surface area (Å²) in [6.07, 6.45) is -0.454. The third-order valence-electron chi connectivity index (χ3n) is 3.07. The number of benzene rings is 1. The van der Waals surface area contributed by atoms with Crippen molar-refractivity contribution in [1.82, 2.24) is 10.6 Å². The summed E-state index contributed by atoms with van der Waals surface area (Å²) in [4.78, 5) is 11.8. The van der Waals surface area contributed by atoms with Gasteiger partial charge in [-0.15, -0.1) is 12.4 Å². The minimum Gasteiger partial charge on any atom is -0.496 e. The average molecular weight is 307 g/mol. The first-order valence-electron chi connectivity index (χ1n) is 6.03. The Morgan fingerprint density at radius 2 is 2.20 bits per heavy atom. The van der Waals surface area contributed by atoms with Gasteiger partial charge in [0.05, 0.1) is 19.7 Å². The van der Waals surface area contributed by atoms with Crippen LogP contribution in [-0.2, 0) is 11.3 Å². The molecule has 1 aliphatic heterocycles. The Bertz CT molecular complexity index is 471. The molecule has 0 radical (unpaired) electrons. The molecule has 0 aromatic heterocycles. The summed E-state index contributed by atoms with van der Waals surface area (Å²) in [6, 6.07) is 6.42. The van der Waals surface area contributed by atoms with Crippen LogP contribution in [0.25, 0.3) is 0 Å². The maximum Gasteiger partial charge on any atom is 0.262 e. The van der Waals surface area contributed by atoms with Crippen LogP contribution >= 0.6 is 12.4 Å². The Labute approximate surface area is 122 Å². The highest BCUT2D eigenvalue weighted by Gasteiger charge is 2.42. The van der Waals surface area contributed by atoms with Crippen LogP contribution in [0.2, 0.25) is 0 Å². The Balaban J connectivity index is 0.00000200. The number of hydrogen-bond donors (Lipinski definition) is 2. The van der Waals surface area contributed by atoms with Gasteiger partial charge in [-0.1, -0.05) is 18.2 Å². The molecule has 1 aromatic rings. The summed E-state index contributed by atoms with van der Waals surface area (Å²) in [7, 11) is 1.54. The van der Waals surface area contributed by atoms with Crippen LogP contribution in [0.3, 0.4) is 0 Å². The first-order valence-corrected chi connectivity index (χ1v) is 6.03. The Kier molecular flexibility index (Phi) is 5.71. The summed E-state index contributed by atoms with van der Waals surface area (Å²) in [6.45, 7) is -0.188. The van der Waals surface area contributed by atoms with Crippen molar-refractivity contribution >= 4 is 18.3 Å². The lowest BCUT2D eigenvalue weighted by Gasteiger charge is -2.13. The number of rotatable bonds is 4. The molecule has 4 nitrogen and oxygen atoms in total. The number of hydrogen-bond acceptors (Lipinski definition) is 3. The lowest BCUT2D eigenvalue weighted by Crippen LogP contribution is -2.40. The Hall–Kier alpha value is -1.40. The lowest BCUT2D eigenvalue weighted by molar-refractivity contribution is -0.123. The maximum absolute atomic E-state index is 13.0. The number of carbonyl (C=O) groups is 1. The number of amides is 1. The summed E-state index contributed by atoms with van der Waals surface area (Å²) in [5.74, 6) is -2.55. The zero-order valence-corrected chi connectivity index (χ0v) is 11.8. The van der Waals surface area contributed by atoms with E-state index in [1.807, 2.05) is 18.2 Å². The second-order valence-electron chi connectivity index (χ2n) is 4.52. The zero-order valence-electron chi connectivity index (χ0n) is 11.0. The predicted molar refractivity (Wildman–Crippen MR) is 73.4 cm³/mol. The summed E-state index contributed by atoms with van der Waals surface area (Å²) in [5.41, 5.74) is 0.808. The molecule has 7 heteroatoms. The SMILES string of the molecule is COc1ccccc1CNC(=O)C1CC(F)(F)CN1.Cl. The van der Waals surface area contributed by atoms with E-state index in [9.17, 15) is 13.6 Å². The number of para-hydroxylation sites is 1. The van der Waals surface area contributed by atoms with Gasteiger partial charge in [-0.2, -0.15) is 0 Å². The van der Waals surface area contributed by atoms with E-state index in [4.69, 9.17) is 4.74 Å².